The number of nitrogens with one attached hydrogen (secondary N) is 1. The Morgan fingerprint density at radius 3 is 2.64 bits per heavy atom. The number of benzene rings is 2. The topological polar surface area (TPSA) is 69.3 Å². The summed E-state index contributed by atoms with van der Waals surface area (Å²) in [5.74, 6) is -0.956. The first kappa shape index (κ1) is 25.5. The Morgan fingerprint density at radius 1 is 1.06 bits per heavy atom. The van der Waals surface area contributed by atoms with Crippen LogP contribution in [0.5, 0.6) is 0 Å². The minimum absolute atomic E-state index is 0.0694. The van der Waals surface area contributed by atoms with E-state index in [2.05, 4.69) is 10.2 Å². The predicted molar refractivity (Wildman–Crippen MR) is 134 cm³/mol. The van der Waals surface area contributed by atoms with Crippen molar-refractivity contribution in [2.45, 2.75) is 38.5 Å². The van der Waals surface area contributed by atoms with Gasteiger partial charge in [0.1, 0.15) is 11.6 Å². The van der Waals surface area contributed by atoms with Gasteiger partial charge in [-0.3, -0.25) is 14.7 Å². The molecule has 1 fully saturated rings. The first-order chi connectivity index (χ1) is 17.4. The molecule has 1 aliphatic rings. The van der Waals surface area contributed by atoms with Crippen molar-refractivity contribution < 1.29 is 18.4 Å². The van der Waals surface area contributed by atoms with Gasteiger partial charge in [0, 0.05) is 43.5 Å². The summed E-state index contributed by atoms with van der Waals surface area (Å²) in [5.41, 5.74) is 2.93. The fourth-order valence-electron chi connectivity index (χ4n) is 4.69. The number of amides is 2. The molecule has 36 heavy (non-hydrogen) atoms. The minimum Gasteiger partial charge on any atom is -0.345 e. The van der Waals surface area contributed by atoms with Crippen LogP contribution in [-0.4, -0.2) is 58.5 Å². The molecule has 1 aromatic heterocycles. The van der Waals surface area contributed by atoms with Gasteiger partial charge >= 0.3 is 0 Å². The maximum atomic E-state index is 13.4. The molecule has 0 spiro atoms. The average molecular weight is 495 g/mol. The molecule has 0 aliphatic carbocycles. The van der Waals surface area contributed by atoms with E-state index in [0.29, 0.717) is 25.2 Å². The van der Waals surface area contributed by atoms with Crippen molar-refractivity contribution in [1.82, 2.24) is 20.0 Å². The first-order valence-corrected chi connectivity index (χ1v) is 12.5. The van der Waals surface area contributed by atoms with E-state index < -0.39 is 0 Å². The molecular weight excluding hydrogens is 462 g/mol. The molecule has 2 aromatic carbocycles. The van der Waals surface area contributed by atoms with Crippen molar-refractivity contribution >= 4 is 11.8 Å². The third-order valence-corrected chi connectivity index (χ3v) is 6.72. The average Bonchev–Trinajstić information content (AvgIpc) is 3.37. The monoisotopic (exact) mass is 494 g/mol. The van der Waals surface area contributed by atoms with Gasteiger partial charge in [0.2, 0.25) is 5.91 Å². The van der Waals surface area contributed by atoms with Gasteiger partial charge in [-0.1, -0.05) is 18.6 Å². The van der Waals surface area contributed by atoms with Crippen LogP contribution in [0.1, 0.15) is 48.2 Å². The summed E-state index contributed by atoms with van der Waals surface area (Å²) in [6.07, 6.45) is 5.19. The van der Waals surface area contributed by atoms with E-state index in [1.54, 1.807) is 15.9 Å². The Labute approximate surface area is 210 Å². The SMILES string of the molecule is CN(CCCCCc1cc(-c2cccc(F)c2)n[nH]1)C(=O)C1CCCN(C(=O)c2ccc(F)cc2)C1. The van der Waals surface area contributed by atoms with E-state index in [9.17, 15) is 18.4 Å². The molecule has 6 nitrogen and oxygen atoms in total. The van der Waals surface area contributed by atoms with Gasteiger partial charge in [0.15, 0.2) is 0 Å². The number of piperidine rings is 1. The molecule has 3 aromatic rings. The summed E-state index contributed by atoms with van der Waals surface area (Å²) in [5, 5.41) is 7.31. The van der Waals surface area contributed by atoms with E-state index in [-0.39, 0.29) is 29.4 Å². The summed E-state index contributed by atoms with van der Waals surface area (Å²) < 4.78 is 26.6. The molecule has 0 radical (unpaired) electrons. The van der Waals surface area contributed by atoms with Crippen LogP contribution in [-0.2, 0) is 11.2 Å². The largest absolute Gasteiger partial charge is 0.345 e. The number of carbonyl (C=O) groups is 2. The van der Waals surface area contributed by atoms with E-state index in [1.807, 2.05) is 19.2 Å². The Kier molecular flexibility index (Phi) is 8.46. The molecule has 1 aliphatic heterocycles. The van der Waals surface area contributed by atoms with Crippen LogP contribution < -0.4 is 0 Å². The standard InChI is InChI=1S/C28H32F2N4O2/c1-33(15-4-2-3-10-25-18-26(32-31-25)21-7-5-9-24(30)17-21)27(35)22-8-6-16-34(19-22)28(36)20-11-13-23(29)14-12-20/h5,7,9,11-14,17-18,22H,2-4,6,8,10,15-16,19H2,1H3,(H,31,32). The minimum atomic E-state index is -0.377. The van der Waals surface area contributed by atoms with Crippen molar-refractivity contribution in [2.24, 2.45) is 5.92 Å². The van der Waals surface area contributed by atoms with E-state index >= 15 is 0 Å². The van der Waals surface area contributed by atoms with Gasteiger partial charge in [-0.05, 0) is 74.6 Å². The van der Waals surface area contributed by atoms with E-state index in [0.717, 1.165) is 55.5 Å². The lowest BCUT2D eigenvalue weighted by molar-refractivity contribution is -0.135. The second kappa shape index (κ2) is 11.9. The maximum absolute atomic E-state index is 13.4. The predicted octanol–water partition coefficient (Wildman–Crippen LogP) is 5.08. The van der Waals surface area contributed by atoms with Gasteiger partial charge in [0.25, 0.3) is 5.91 Å². The van der Waals surface area contributed by atoms with Crippen LogP contribution in [0.4, 0.5) is 8.78 Å². The Hall–Kier alpha value is -3.55. The molecule has 1 atom stereocenters. The highest BCUT2D eigenvalue weighted by atomic mass is 19.1. The fourth-order valence-corrected chi connectivity index (χ4v) is 4.69. The number of nitrogens with zero attached hydrogens (tertiary/aromatic N) is 3. The van der Waals surface area contributed by atoms with Crippen molar-refractivity contribution in [3.63, 3.8) is 0 Å². The molecule has 2 amide bonds. The highest BCUT2D eigenvalue weighted by Crippen LogP contribution is 2.22. The number of aromatic nitrogens is 2. The van der Waals surface area contributed by atoms with Crippen molar-refractivity contribution in [3.05, 3.63) is 77.5 Å². The molecule has 1 saturated heterocycles. The van der Waals surface area contributed by atoms with E-state index in [1.165, 1.54) is 36.4 Å². The van der Waals surface area contributed by atoms with Crippen molar-refractivity contribution in [3.8, 4) is 11.3 Å². The Morgan fingerprint density at radius 2 is 1.86 bits per heavy atom. The van der Waals surface area contributed by atoms with Gasteiger partial charge in [-0.15, -0.1) is 0 Å². The molecule has 190 valence electrons. The second-order valence-electron chi connectivity index (χ2n) is 9.46. The number of hydrogen-bond donors (Lipinski definition) is 1. The van der Waals surface area contributed by atoms with E-state index in [4.69, 9.17) is 0 Å². The zero-order valence-electron chi connectivity index (χ0n) is 20.6. The number of halogens is 2. The van der Waals surface area contributed by atoms with Gasteiger partial charge in [-0.2, -0.15) is 5.10 Å². The highest BCUT2D eigenvalue weighted by molar-refractivity contribution is 5.94. The van der Waals surface area contributed by atoms with Crippen LogP contribution >= 0.6 is 0 Å². The van der Waals surface area contributed by atoms with Gasteiger partial charge in [0.05, 0.1) is 11.6 Å². The maximum Gasteiger partial charge on any atom is 0.253 e. The smallest absolute Gasteiger partial charge is 0.253 e. The zero-order valence-corrected chi connectivity index (χ0v) is 20.6. The Balaban J connectivity index is 1.18. The lowest BCUT2D eigenvalue weighted by atomic mass is 9.95. The summed E-state index contributed by atoms with van der Waals surface area (Å²) in [7, 11) is 1.82. The quantitative estimate of drug-likeness (QED) is 0.422. The summed E-state index contributed by atoms with van der Waals surface area (Å²) in [6, 6.07) is 13.9. The van der Waals surface area contributed by atoms with Crippen LogP contribution in [0.25, 0.3) is 11.3 Å². The highest BCUT2D eigenvalue weighted by Gasteiger charge is 2.30. The molecule has 2 heterocycles. The summed E-state index contributed by atoms with van der Waals surface area (Å²) in [4.78, 5) is 29.2. The number of rotatable bonds is 9. The van der Waals surface area contributed by atoms with Crippen LogP contribution in [0.15, 0.2) is 54.6 Å². The van der Waals surface area contributed by atoms with Crippen molar-refractivity contribution in [1.29, 1.82) is 0 Å². The van der Waals surface area contributed by atoms with Crippen molar-refractivity contribution in [2.75, 3.05) is 26.7 Å². The third kappa shape index (κ3) is 6.56. The molecule has 4 rings (SSSR count). The number of aryl methyl sites for hydroxylation is 1. The van der Waals surface area contributed by atoms with Crippen LogP contribution in [0.3, 0.4) is 0 Å². The van der Waals surface area contributed by atoms with Gasteiger partial charge < -0.3 is 9.80 Å². The Bertz CT molecular complexity index is 1180. The second-order valence-corrected chi connectivity index (χ2v) is 9.46. The number of hydrogen-bond acceptors (Lipinski definition) is 3. The molecule has 0 saturated carbocycles. The fraction of sp³-hybridized carbons (Fsp3) is 0.393. The molecule has 1 N–H and O–H groups in total. The molecule has 0 bridgehead atoms. The zero-order chi connectivity index (χ0) is 25.5. The first-order valence-electron chi connectivity index (χ1n) is 12.5. The summed E-state index contributed by atoms with van der Waals surface area (Å²) in [6.45, 7) is 1.67. The number of unbranched alkanes of at least 4 members (excludes halogenated alkanes) is 2. The summed E-state index contributed by atoms with van der Waals surface area (Å²) >= 11 is 0. The lowest BCUT2D eigenvalue weighted by Crippen LogP contribution is -2.46. The normalized spacial score (nSPS) is 15.6. The number of carbonyl (C=O) groups excluding carboxylic acids is 2. The number of likely N-dealkylation sites (tertiary alicyclic amines) is 1. The van der Waals surface area contributed by atoms with Crippen LogP contribution in [0.2, 0.25) is 0 Å². The lowest BCUT2D eigenvalue weighted by Gasteiger charge is -2.34. The molecular formula is C28H32F2N4O2. The third-order valence-electron chi connectivity index (χ3n) is 6.72. The number of aromatic amines is 1. The number of H-pyrrole nitrogens is 1. The van der Waals surface area contributed by atoms with Crippen LogP contribution in [0, 0.1) is 17.6 Å². The molecule has 8 heteroatoms. The van der Waals surface area contributed by atoms with Gasteiger partial charge in [-0.25, -0.2) is 8.78 Å². The molecule has 1 unspecified atom stereocenters.